The largest absolute Gasteiger partial charge is 0.497 e. The van der Waals surface area contributed by atoms with E-state index in [9.17, 15) is 4.79 Å². The first-order valence-electron chi connectivity index (χ1n) is 13.1. The van der Waals surface area contributed by atoms with Crippen molar-refractivity contribution in [1.82, 2.24) is 13.9 Å². The highest BCUT2D eigenvalue weighted by Gasteiger charge is 2.20. The maximum absolute atomic E-state index is 13.6. The van der Waals surface area contributed by atoms with E-state index in [4.69, 9.17) is 14.5 Å². The van der Waals surface area contributed by atoms with Crippen LogP contribution in [0.1, 0.15) is 51.8 Å². The first kappa shape index (κ1) is 27.5. The highest BCUT2D eigenvalue weighted by molar-refractivity contribution is 7.07. The molecule has 1 atom stereocenters. The number of nitrogens with zero attached hydrogens (tertiary/aromatic N) is 4. The van der Waals surface area contributed by atoms with Gasteiger partial charge >= 0.3 is 0 Å². The molecule has 4 rings (SSSR count). The lowest BCUT2D eigenvalue weighted by Crippen LogP contribution is -2.22. The van der Waals surface area contributed by atoms with E-state index in [0.717, 1.165) is 51.8 Å². The van der Waals surface area contributed by atoms with Crippen LogP contribution in [0, 0.1) is 12.8 Å². The molecule has 0 aliphatic heterocycles. The number of thiazole rings is 1. The van der Waals surface area contributed by atoms with Crippen molar-refractivity contribution in [2.45, 2.75) is 53.0 Å². The van der Waals surface area contributed by atoms with E-state index in [0.29, 0.717) is 11.6 Å². The molecule has 0 radical (unpaired) electrons. The molecule has 2 aromatic heterocycles. The summed E-state index contributed by atoms with van der Waals surface area (Å²) in [7, 11) is 5.22. The van der Waals surface area contributed by atoms with Crippen LogP contribution < -0.4 is 19.8 Å². The third-order valence-electron chi connectivity index (χ3n) is 7.00. The maximum atomic E-state index is 13.6. The topological polar surface area (TPSA) is 62.7 Å². The average Bonchev–Trinajstić information content (AvgIpc) is 3.42. The third-order valence-corrected chi connectivity index (χ3v) is 7.84. The van der Waals surface area contributed by atoms with Gasteiger partial charge in [0.15, 0.2) is 10.5 Å². The summed E-state index contributed by atoms with van der Waals surface area (Å²) in [5.41, 5.74) is 3.93. The lowest BCUT2D eigenvalue weighted by Gasteiger charge is -2.19. The summed E-state index contributed by atoms with van der Waals surface area (Å²) in [6, 6.07) is 15.7. The molecule has 0 N–H and O–H groups in total. The smallest absolute Gasteiger partial charge is 0.297 e. The third kappa shape index (κ3) is 5.50. The summed E-state index contributed by atoms with van der Waals surface area (Å²) >= 11 is 1.54. The van der Waals surface area contributed by atoms with Crippen molar-refractivity contribution in [3.63, 3.8) is 0 Å². The number of aromatic nitrogens is 3. The lowest BCUT2D eigenvalue weighted by atomic mass is 10.0. The van der Waals surface area contributed by atoms with Crippen molar-refractivity contribution in [2.24, 2.45) is 18.0 Å². The van der Waals surface area contributed by atoms with Crippen molar-refractivity contribution < 1.29 is 9.47 Å². The predicted molar refractivity (Wildman–Crippen MR) is 155 cm³/mol. The Labute approximate surface area is 228 Å². The van der Waals surface area contributed by atoms with E-state index in [-0.39, 0.29) is 11.6 Å². The van der Waals surface area contributed by atoms with E-state index < -0.39 is 0 Å². The minimum absolute atomic E-state index is 0.132. The molecule has 2 heterocycles. The standard InChI is InChI=1S/C30H38N4O3S/c1-20(2)12-11-13-21(3)33-26(25-17-16-24(36-6)18-27(25)37-7)19-38-30(33)31-28-22(4)32(5)34(29(28)35)23-14-9-8-10-15-23/h8-10,14-21H,11-13H2,1-7H3. The lowest BCUT2D eigenvalue weighted by molar-refractivity contribution is 0.394. The first-order valence-corrected chi connectivity index (χ1v) is 14.0. The van der Waals surface area contributed by atoms with Gasteiger partial charge in [0.25, 0.3) is 5.56 Å². The minimum Gasteiger partial charge on any atom is -0.497 e. The van der Waals surface area contributed by atoms with Gasteiger partial charge in [0.1, 0.15) is 11.5 Å². The second-order valence-corrected chi connectivity index (χ2v) is 10.9. The molecule has 4 aromatic rings. The number of methoxy groups -OCH3 is 2. The normalized spacial score (nSPS) is 12.8. The molecule has 8 heteroatoms. The maximum Gasteiger partial charge on any atom is 0.297 e. The van der Waals surface area contributed by atoms with Crippen LogP contribution in [0.15, 0.2) is 63.7 Å². The quantitative estimate of drug-likeness (QED) is 0.229. The summed E-state index contributed by atoms with van der Waals surface area (Å²) in [6.07, 6.45) is 3.29. The Morgan fingerprint density at radius 2 is 1.74 bits per heavy atom. The first-order chi connectivity index (χ1) is 18.3. The Hall–Kier alpha value is -3.52. The van der Waals surface area contributed by atoms with Gasteiger partial charge in [-0.2, -0.15) is 0 Å². The molecule has 0 aliphatic carbocycles. The van der Waals surface area contributed by atoms with E-state index in [1.807, 2.05) is 67.2 Å². The van der Waals surface area contributed by atoms with Gasteiger partial charge in [0.05, 0.1) is 31.3 Å². The zero-order valence-electron chi connectivity index (χ0n) is 23.4. The van der Waals surface area contributed by atoms with Gasteiger partial charge in [-0.15, -0.1) is 11.3 Å². The Kier molecular flexibility index (Phi) is 8.62. The van der Waals surface area contributed by atoms with Crippen molar-refractivity contribution in [3.05, 3.63) is 74.8 Å². The van der Waals surface area contributed by atoms with E-state index in [1.54, 1.807) is 30.2 Å². The van der Waals surface area contributed by atoms with E-state index >= 15 is 0 Å². The molecule has 1 unspecified atom stereocenters. The number of hydrogen-bond donors (Lipinski definition) is 0. The van der Waals surface area contributed by atoms with Crippen LogP contribution in [-0.2, 0) is 7.05 Å². The highest BCUT2D eigenvalue weighted by Crippen LogP contribution is 2.35. The Bertz CT molecular complexity index is 1510. The van der Waals surface area contributed by atoms with Crippen LogP contribution in [0.5, 0.6) is 11.5 Å². The van der Waals surface area contributed by atoms with Crippen LogP contribution in [0.4, 0.5) is 5.69 Å². The van der Waals surface area contributed by atoms with Crippen molar-refractivity contribution in [3.8, 4) is 28.4 Å². The Balaban J connectivity index is 1.89. The summed E-state index contributed by atoms with van der Waals surface area (Å²) < 4.78 is 17.0. The SMILES string of the molecule is COc1ccc(-c2csc(=Nc3c(C)n(C)n(-c4ccccc4)c3=O)n2C(C)CCCC(C)C)c(OC)c1. The predicted octanol–water partition coefficient (Wildman–Crippen LogP) is 6.65. The van der Waals surface area contributed by atoms with Crippen LogP contribution in [-0.4, -0.2) is 28.2 Å². The fourth-order valence-electron chi connectivity index (χ4n) is 4.76. The molecule has 38 heavy (non-hydrogen) atoms. The molecule has 202 valence electrons. The van der Waals surface area contributed by atoms with E-state index in [2.05, 4.69) is 30.7 Å². The number of ether oxygens (including phenoxy) is 2. The van der Waals surface area contributed by atoms with Crippen molar-refractivity contribution in [2.75, 3.05) is 14.2 Å². The van der Waals surface area contributed by atoms with Crippen molar-refractivity contribution >= 4 is 17.0 Å². The molecular weight excluding hydrogens is 496 g/mol. The van der Waals surface area contributed by atoms with Gasteiger partial charge in [0, 0.05) is 30.1 Å². The number of hydrogen-bond acceptors (Lipinski definition) is 5. The van der Waals surface area contributed by atoms with Gasteiger partial charge < -0.3 is 14.0 Å². The molecule has 0 spiro atoms. The molecule has 0 fully saturated rings. The van der Waals surface area contributed by atoms with Gasteiger partial charge in [-0.1, -0.05) is 44.9 Å². The molecule has 0 saturated heterocycles. The molecule has 7 nitrogen and oxygen atoms in total. The molecular formula is C30H38N4O3S. The zero-order valence-corrected chi connectivity index (χ0v) is 24.2. The number of benzene rings is 2. The van der Waals surface area contributed by atoms with Gasteiger partial charge in [-0.3, -0.25) is 9.48 Å². The summed E-state index contributed by atoms with van der Waals surface area (Å²) in [5, 5.41) is 2.11. The number of rotatable bonds is 10. The van der Waals surface area contributed by atoms with Crippen molar-refractivity contribution in [1.29, 1.82) is 0 Å². The molecule has 2 aromatic carbocycles. The fourth-order valence-corrected chi connectivity index (χ4v) is 5.76. The summed E-state index contributed by atoms with van der Waals surface area (Å²) in [6.45, 7) is 8.68. The van der Waals surface area contributed by atoms with Gasteiger partial charge in [-0.25, -0.2) is 9.67 Å². The monoisotopic (exact) mass is 534 g/mol. The average molecular weight is 535 g/mol. The minimum atomic E-state index is -0.132. The molecule has 0 bridgehead atoms. The highest BCUT2D eigenvalue weighted by atomic mass is 32.1. The second-order valence-electron chi connectivity index (χ2n) is 10.0. The van der Waals surface area contributed by atoms with Crippen LogP contribution in [0.2, 0.25) is 0 Å². The van der Waals surface area contributed by atoms with E-state index in [1.165, 1.54) is 6.42 Å². The molecule has 0 aliphatic rings. The van der Waals surface area contributed by atoms with Crippen LogP contribution in [0.3, 0.4) is 0 Å². The zero-order chi connectivity index (χ0) is 27.4. The van der Waals surface area contributed by atoms with Gasteiger partial charge in [-0.05, 0) is 50.5 Å². The van der Waals surface area contributed by atoms with Crippen LogP contribution in [0.25, 0.3) is 16.9 Å². The van der Waals surface area contributed by atoms with Crippen LogP contribution >= 0.6 is 11.3 Å². The Morgan fingerprint density at radius 3 is 2.39 bits per heavy atom. The summed E-state index contributed by atoms with van der Waals surface area (Å²) in [5.74, 6) is 2.13. The summed E-state index contributed by atoms with van der Waals surface area (Å²) in [4.78, 5) is 19.4. The van der Waals surface area contributed by atoms with Gasteiger partial charge in [0.2, 0.25) is 0 Å². The second kappa shape index (κ2) is 11.9. The number of para-hydroxylation sites is 1. The fraction of sp³-hybridized carbons (Fsp3) is 0.400. The molecule has 0 saturated carbocycles. The Morgan fingerprint density at radius 1 is 1.00 bits per heavy atom. The molecule has 0 amide bonds.